The molecule has 0 aliphatic heterocycles. The van der Waals surface area contributed by atoms with Gasteiger partial charge in [-0.2, -0.15) is 4.99 Å². The number of carbonyl (C=O) groups is 3. The van der Waals surface area contributed by atoms with E-state index in [1.54, 1.807) is 0 Å². The maximum Gasteiger partial charge on any atom is 0.248 e. The summed E-state index contributed by atoms with van der Waals surface area (Å²) in [6, 6.07) is 0. The van der Waals surface area contributed by atoms with Crippen LogP contribution in [-0.4, -0.2) is 41.0 Å². The van der Waals surface area contributed by atoms with E-state index in [0.717, 1.165) is 19.3 Å². The number of guanidine groups is 1. The van der Waals surface area contributed by atoms with E-state index in [1.165, 1.54) is 0 Å². The van der Waals surface area contributed by atoms with Crippen LogP contribution in [0.15, 0.2) is 4.99 Å². The van der Waals surface area contributed by atoms with Crippen molar-refractivity contribution in [1.29, 1.82) is 0 Å². The summed E-state index contributed by atoms with van der Waals surface area (Å²) in [6.45, 7) is 4.32. The Kier molecular flexibility index (Phi) is 10.7. The number of aliphatic imine (C=N–C) groups is 1. The first-order valence-electron chi connectivity index (χ1n) is 9.40. The average Bonchev–Trinajstić information content (AvgIpc) is 2.54. The van der Waals surface area contributed by atoms with Crippen molar-refractivity contribution >= 4 is 46.9 Å². The highest BCUT2D eigenvalue weighted by Gasteiger charge is 2.32. The van der Waals surface area contributed by atoms with Crippen LogP contribution in [0.4, 0.5) is 0 Å². The molecule has 0 saturated heterocycles. The molecule has 27 heavy (non-hydrogen) atoms. The lowest BCUT2D eigenvalue weighted by atomic mass is 9.86. The number of hydrogen-bond donors (Lipinski definition) is 3. The zero-order valence-corrected chi connectivity index (χ0v) is 17.5. The highest BCUT2D eigenvalue weighted by atomic mass is 35.5. The lowest BCUT2D eigenvalue weighted by molar-refractivity contribution is -0.122. The van der Waals surface area contributed by atoms with Gasteiger partial charge in [-0.3, -0.25) is 19.7 Å². The second-order valence-corrected chi connectivity index (χ2v) is 8.44. The molecule has 3 amide bonds. The van der Waals surface area contributed by atoms with E-state index < -0.39 is 5.91 Å². The topological polar surface area (TPSA) is 114 Å². The molecule has 0 aromatic heterocycles. The van der Waals surface area contributed by atoms with Crippen molar-refractivity contribution in [2.45, 2.75) is 69.5 Å². The fourth-order valence-corrected chi connectivity index (χ4v) is 3.87. The number of alkyl halides is 2. The van der Waals surface area contributed by atoms with Gasteiger partial charge in [0.15, 0.2) is 0 Å². The number of amides is 3. The molecule has 0 aromatic rings. The van der Waals surface area contributed by atoms with Crippen molar-refractivity contribution in [2.75, 3.05) is 6.54 Å². The Bertz CT molecular complexity index is 545. The second-order valence-electron chi connectivity index (χ2n) is 7.32. The van der Waals surface area contributed by atoms with Crippen LogP contribution >= 0.6 is 23.2 Å². The van der Waals surface area contributed by atoms with Crippen molar-refractivity contribution in [2.24, 2.45) is 22.6 Å². The minimum Gasteiger partial charge on any atom is -0.369 e. The van der Waals surface area contributed by atoms with E-state index >= 15 is 0 Å². The summed E-state index contributed by atoms with van der Waals surface area (Å²) >= 11 is 12.5. The van der Waals surface area contributed by atoms with E-state index in [0.29, 0.717) is 19.4 Å². The molecule has 7 nitrogen and oxygen atoms in total. The molecule has 9 heteroatoms. The third kappa shape index (κ3) is 9.96. The number of halogens is 2. The molecule has 1 fully saturated rings. The minimum absolute atomic E-state index is 0.0365. The Balaban J connectivity index is 2.30. The van der Waals surface area contributed by atoms with Crippen LogP contribution in [0.25, 0.3) is 0 Å². The highest BCUT2D eigenvalue weighted by molar-refractivity contribution is 6.24. The van der Waals surface area contributed by atoms with Crippen molar-refractivity contribution in [3.05, 3.63) is 0 Å². The summed E-state index contributed by atoms with van der Waals surface area (Å²) < 4.78 is 0. The van der Waals surface area contributed by atoms with Gasteiger partial charge in [-0.25, -0.2) is 0 Å². The number of carbonyl (C=O) groups excluding carboxylic acids is 3. The van der Waals surface area contributed by atoms with Gasteiger partial charge in [-0.05, 0) is 25.2 Å². The van der Waals surface area contributed by atoms with Gasteiger partial charge in [0.2, 0.25) is 23.7 Å². The minimum atomic E-state index is -0.450. The fraction of sp³-hybridized carbons (Fsp3) is 0.778. The average molecular weight is 421 g/mol. The van der Waals surface area contributed by atoms with Crippen LogP contribution < -0.4 is 16.4 Å². The Hall–Kier alpha value is -1.34. The van der Waals surface area contributed by atoms with Crippen LogP contribution in [0.5, 0.6) is 0 Å². The number of nitrogens with two attached hydrogens (primary N) is 1. The molecule has 0 aromatic carbocycles. The maximum absolute atomic E-state index is 12.1. The Labute approximate surface area is 170 Å². The molecular weight excluding hydrogens is 391 g/mol. The molecular formula is C18H30Cl2N4O3. The molecule has 154 valence electrons. The van der Waals surface area contributed by atoms with Gasteiger partial charge in [0.05, 0.1) is 0 Å². The normalized spacial score (nSPS) is 23.1. The van der Waals surface area contributed by atoms with Crippen LogP contribution in [0.1, 0.15) is 58.8 Å². The summed E-state index contributed by atoms with van der Waals surface area (Å²) in [5.41, 5.74) is 5.62. The predicted octanol–water partition coefficient (Wildman–Crippen LogP) is 2.29. The molecule has 0 heterocycles. The molecule has 2 unspecified atom stereocenters. The van der Waals surface area contributed by atoms with Crippen LogP contribution in [-0.2, 0) is 14.4 Å². The summed E-state index contributed by atoms with van der Waals surface area (Å²) in [5, 5.41) is 4.87. The van der Waals surface area contributed by atoms with Crippen LogP contribution in [0.3, 0.4) is 0 Å². The smallest absolute Gasteiger partial charge is 0.248 e. The monoisotopic (exact) mass is 420 g/mol. The molecule has 1 rings (SSSR count). The van der Waals surface area contributed by atoms with E-state index in [2.05, 4.69) is 15.6 Å². The predicted molar refractivity (Wildman–Crippen MR) is 108 cm³/mol. The summed E-state index contributed by atoms with van der Waals surface area (Å²) in [6.07, 6.45) is 3.81. The Morgan fingerprint density at radius 1 is 1.15 bits per heavy atom. The van der Waals surface area contributed by atoms with Gasteiger partial charge in [-0.15, -0.1) is 23.2 Å². The van der Waals surface area contributed by atoms with Crippen LogP contribution in [0, 0.1) is 11.8 Å². The second kappa shape index (κ2) is 12.2. The Morgan fingerprint density at radius 3 is 2.37 bits per heavy atom. The third-order valence-corrected chi connectivity index (χ3v) is 5.39. The summed E-state index contributed by atoms with van der Waals surface area (Å²) in [4.78, 5) is 39.0. The fourth-order valence-electron chi connectivity index (χ4n) is 2.95. The zero-order chi connectivity index (χ0) is 20.4. The first-order chi connectivity index (χ1) is 12.7. The molecule has 1 aliphatic carbocycles. The molecule has 1 saturated carbocycles. The van der Waals surface area contributed by atoms with Gasteiger partial charge in [0.1, 0.15) is 0 Å². The van der Waals surface area contributed by atoms with Gasteiger partial charge in [0, 0.05) is 42.5 Å². The zero-order valence-electron chi connectivity index (χ0n) is 16.0. The number of nitrogens with zero attached hydrogens (tertiary/aromatic N) is 1. The first kappa shape index (κ1) is 23.7. The Morgan fingerprint density at radius 2 is 1.78 bits per heavy atom. The van der Waals surface area contributed by atoms with Crippen molar-refractivity contribution in [3.8, 4) is 0 Å². The van der Waals surface area contributed by atoms with Crippen molar-refractivity contribution in [1.82, 2.24) is 10.6 Å². The van der Waals surface area contributed by atoms with Crippen molar-refractivity contribution in [3.63, 3.8) is 0 Å². The van der Waals surface area contributed by atoms with Crippen molar-refractivity contribution < 1.29 is 14.4 Å². The quantitative estimate of drug-likeness (QED) is 0.242. The molecule has 0 spiro atoms. The lowest BCUT2D eigenvalue weighted by Gasteiger charge is -2.30. The molecule has 1 aliphatic rings. The number of nitrogens with one attached hydrogen (secondary N) is 2. The van der Waals surface area contributed by atoms with E-state index in [1.807, 2.05) is 13.8 Å². The largest absolute Gasteiger partial charge is 0.369 e. The van der Waals surface area contributed by atoms with Crippen LogP contribution in [0.2, 0.25) is 0 Å². The lowest BCUT2D eigenvalue weighted by Crippen LogP contribution is -2.41. The standard InChI is InChI=1S/C18H30Cl2N4O3/c1-11(2)9-16(26)22-8-4-7-15(25)23-18(21)24-17(27)10-12-13(19)5-3-6-14(12)20/h11-14H,3-10H2,1-2H3,(H,22,26)(H3,21,23,24,25,27). The number of hydrogen-bond acceptors (Lipinski definition) is 3. The summed E-state index contributed by atoms with van der Waals surface area (Å²) in [5.74, 6) is -0.911. The van der Waals surface area contributed by atoms with E-state index in [-0.39, 0.29) is 53.2 Å². The van der Waals surface area contributed by atoms with Gasteiger partial charge < -0.3 is 11.1 Å². The molecule has 0 bridgehead atoms. The van der Waals surface area contributed by atoms with E-state index in [9.17, 15) is 14.4 Å². The van der Waals surface area contributed by atoms with Gasteiger partial charge in [-0.1, -0.05) is 20.3 Å². The highest BCUT2D eigenvalue weighted by Crippen LogP contribution is 2.34. The SMILES string of the molecule is CC(C)CC(=O)NCCCC(=O)N=C(N)NC(=O)CC1C(Cl)CCCC1Cl. The third-order valence-electron chi connectivity index (χ3n) is 4.31. The number of rotatable bonds is 8. The first-order valence-corrected chi connectivity index (χ1v) is 10.3. The van der Waals surface area contributed by atoms with Gasteiger partial charge in [0.25, 0.3) is 0 Å². The van der Waals surface area contributed by atoms with Gasteiger partial charge >= 0.3 is 0 Å². The summed E-state index contributed by atoms with van der Waals surface area (Å²) in [7, 11) is 0. The maximum atomic E-state index is 12.1. The molecule has 2 atom stereocenters. The molecule has 0 radical (unpaired) electrons. The molecule has 4 N–H and O–H groups in total. The van der Waals surface area contributed by atoms with E-state index in [4.69, 9.17) is 28.9 Å².